The fourth-order valence-corrected chi connectivity index (χ4v) is 11.2. The molecule has 2 unspecified atom stereocenters. The van der Waals surface area contributed by atoms with Crippen molar-refractivity contribution in [3.63, 3.8) is 0 Å². The lowest BCUT2D eigenvalue weighted by Gasteiger charge is -2.24. The zero-order valence-corrected chi connectivity index (χ0v) is 28.8. The highest BCUT2D eigenvalue weighted by atomic mass is 32.2. The fourth-order valence-electron chi connectivity index (χ4n) is 8.51. The molecule has 0 fully saturated rings. The molecule has 234 valence electrons. The van der Waals surface area contributed by atoms with E-state index in [1.165, 1.54) is 96.3 Å². The first-order valence-electron chi connectivity index (χ1n) is 17.3. The Morgan fingerprint density at radius 2 is 1.08 bits per heavy atom. The predicted molar refractivity (Wildman–Crippen MR) is 219 cm³/mol. The molecular weight excluding hydrogens is 641 g/mol. The summed E-state index contributed by atoms with van der Waals surface area (Å²) in [5, 5.41) is 10.9. The first-order valence-corrected chi connectivity index (χ1v) is 19.0. The summed E-state index contributed by atoms with van der Waals surface area (Å²) < 4.78 is 2.69. The zero-order valence-electron chi connectivity index (χ0n) is 27.1. The van der Waals surface area contributed by atoms with Gasteiger partial charge in [0, 0.05) is 36.2 Å². The van der Waals surface area contributed by atoms with E-state index in [0.29, 0.717) is 11.2 Å². The summed E-state index contributed by atoms with van der Waals surface area (Å²) in [5.41, 5.74) is 9.23. The average molecular weight is 671 g/mol. The summed E-state index contributed by atoms with van der Waals surface area (Å²) >= 11 is 3.93. The highest BCUT2D eigenvalue weighted by Gasteiger charge is 2.36. The van der Waals surface area contributed by atoms with Gasteiger partial charge in [0.15, 0.2) is 0 Å². The zero-order chi connectivity index (χ0) is 32.8. The van der Waals surface area contributed by atoms with Crippen molar-refractivity contribution in [3.05, 3.63) is 181 Å². The van der Waals surface area contributed by atoms with Crippen molar-refractivity contribution in [2.75, 3.05) is 0 Å². The first-order chi connectivity index (χ1) is 24.8. The molecule has 1 aromatic heterocycles. The van der Waals surface area contributed by atoms with Gasteiger partial charge in [0.25, 0.3) is 0 Å². The van der Waals surface area contributed by atoms with E-state index in [4.69, 9.17) is 0 Å². The maximum Gasteiger partial charge on any atom is 0.0454 e. The second-order valence-corrected chi connectivity index (χ2v) is 15.8. The Morgan fingerprint density at radius 1 is 0.440 bits per heavy atom. The molecule has 0 amide bonds. The molecule has 0 nitrogen and oxygen atoms in total. The number of thioether (sulfide) groups is 1. The molecule has 0 N–H and O–H groups in total. The van der Waals surface area contributed by atoms with Gasteiger partial charge in [-0.15, -0.1) is 23.1 Å². The van der Waals surface area contributed by atoms with E-state index in [1.807, 2.05) is 23.1 Å². The van der Waals surface area contributed by atoms with Gasteiger partial charge in [-0.1, -0.05) is 133 Å². The topological polar surface area (TPSA) is 0 Å². The van der Waals surface area contributed by atoms with Crippen LogP contribution in [0.25, 0.3) is 80.3 Å². The summed E-state index contributed by atoms with van der Waals surface area (Å²) in [5.74, 6) is 0.384. The minimum absolute atomic E-state index is 0.354. The van der Waals surface area contributed by atoms with E-state index in [1.54, 1.807) is 0 Å². The van der Waals surface area contributed by atoms with Crippen LogP contribution in [-0.2, 0) is 0 Å². The molecule has 0 spiro atoms. The van der Waals surface area contributed by atoms with Crippen molar-refractivity contribution in [3.8, 4) is 22.3 Å². The second-order valence-electron chi connectivity index (χ2n) is 13.5. The van der Waals surface area contributed by atoms with Gasteiger partial charge in [-0.2, -0.15) is 0 Å². The first kappa shape index (κ1) is 28.4. The van der Waals surface area contributed by atoms with Crippen molar-refractivity contribution in [2.45, 2.75) is 16.1 Å². The number of rotatable bonds is 3. The Hall–Kier alpha value is -5.41. The van der Waals surface area contributed by atoms with Crippen LogP contribution in [0, 0.1) is 0 Å². The molecule has 1 aliphatic heterocycles. The Labute approximate surface area is 299 Å². The van der Waals surface area contributed by atoms with Crippen LogP contribution in [0.5, 0.6) is 0 Å². The summed E-state index contributed by atoms with van der Waals surface area (Å²) in [6.07, 6.45) is 7.04. The maximum absolute atomic E-state index is 2.46. The standard InChI is InChI=1S/C48H30S2/c1-2-13-37-35(11-1)36-12-3-4-14-38(36)44-28-29(23-24-39(37)44)30-25-31(33-17-9-19-42-40-15-5-7-21-45(40)49-47(33)42)27-32(26-30)34-18-10-20-43-41-16-6-8-22-46(41)50-48(34)43/h1-28,42,47H. The van der Waals surface area contributed by atoms with Crippen LogP contribution in [0.1, 0.15) is 17.0 Å². The Bertz CT molecular complexity index is 2890. The molecule has 2 heteroatoms. The Morgan fingerprint density at radius 3 is 1.90 bits per heavy atom. The van der Waals surface area contributed by atoms with Crippen LogP contribution in [0.4, 0.5) is 0 Å². The van der Waals surface area contributed by atoms with Crippen molar-refractivity contribution in [1.29, 1.82) is 0 Å². The second kappa shape index (κ2) is 11.1. The minimum atomic E-state index is 0.354. The number of allylic oxidation sites excluding steroid dienone is 3. The molecule has 11 rings (SSSR count). The Balaban J connectivity index is 1.16. The molecule has 9 aromatic rings. The number of hydrogen-bond donors (Lipinski definition) is 0. The number of fused-ring (bicyclic) bond motifs is 12. The van der Waals surface area contributed by atoms with E-state index in [0.717, 1.165) is 0 Å². The lowest BCUT2D eigenvalue weighted by Crippen LogP contribution is -2.13. The third kappa shape index (κ3) is 4.25. The molecule has 1 aliphatic carbocycles. The highest BCUT2D eigenvalue weighted by Crippen LogP contribution is 2.53. The molecule has 2 heterocycles. The van der Waals surface area contributed by atoms with Crippen LogP contribution >= 0.6 is 23.1 Å². The third-order valence-corrected chi connectivity index (χ3v) is 13.5. The van der Waals surface area contributed by atoms with Crippen molar-refractivity contribution in [2.24, 2.45) is 0 Å². The third-order valence-electron chi connectivity index (χ3n) is 10.8. The van der Waals surface area contributed by atoms with Gasteiger partial charge < -0.3 is 0 Å². The van der Waals surface area contributed by atoms with Crippen LogP contribution in [0.15, 0.2) is 175 Å². The van der Waals surface area contributed by atoms with E-state index < -0.39 is 0 Å². The molecular formula is C48H30S2. The van der Waals surface area contributed by atoms with Gasteiger partial charge in [0.2, 0.25) is 0 Å². The summed E-state index contributed by atoms with van der Waals surface area (Å²) in [6, 6.07) is 56.8. The molecule has 0 bridgehead atoms. The average Bonchev–Trinajstić information content (AvgIpc) is 3.76. The fraction of sp³-hybridized carbons (Fsp3) is 0.0417. The molecule has 2 aliphatic rings. The normalized spacial score (nSPS) is 16.8. The highest BCUT2D eigenvalue weighted by molar-refractivity contribution is 8.00. The smallest absolute Gasteiger partial charge is 0.0454 e. The maximum atomic E-state index is 2.46. The minimum Gasteiger partial charge on any atom is -0.135 e. The monoisotopic (exact) mass is 670 g/mol. The van der Waals surface area contributed by atoms with Crippen LogP contribution in [-0.4, -0.2) is 5.25 Å². The van der Waals surface area contributed by atoms with Gasteiger partial charge >= 0.3 is 0 Å². The number of thiophene rings is 1. The predicted octanol–water partition coefficient (Wildman–Crippen LogP) is 14.1. The summed E-state index contributed by atoms with van der Waals surface area (Å²) in [4.78, 5) is 1.40. The Kier molecular flexibility index (Phi) is 6.28. The summed E-state index contributed by atoms with van der Waals surface area (Å²) in [7, 11) is 0. The van der Waals surface area contributed by atoms with Crippen molar-refractivity contribution >= 4 is 81.2 Å². The molecule has 50 heavy (non-hydrogen) atoms. The molecule has 8 aromatic carbocycles. The summed E-state index contributed by atoms with van der Waals surface area (Å²) in [6.45, 7) is 0. The van der Waals surface area contributed by atoms with Gasteiger partial charge in [0.05, 0.1) is 0 Å². The van der Waals surface area contributed by atoms with Gasteiger partial charge in [-0.05, 0) is 108 Å². The van der Waals surface area contributed by atoms with Crippen molar-refractivity contribution < 1.29 is 0 Å². The SMILES string of the molecule is C1=CC2c3ccccc3SC2C(c2cc(-c3ccc4c5ccccc5c5ccccc5c4c3)cc(-c3cccc4c3sc3ccccc34)c2)=C1. The molecule has 0 saturated carbocycles. The van der Waals surface area contributed by atoms with Gasteiger partial charge in [-0.3, -0.25) is 0 Å². The molecule has 0 radical (unpaired) electrons. The van der Waals surface area contributed by atoms with E-state index >= 15 is 0 Å². The number of benzene rings is 8. The van der Waals surface area contributed by atoms with E-state index in [2.05, 4.69) is 170 Å². The van der Waals surface area contributed by atoms with Gasteiger partial charge in [-0.25, -0.2) is 0 Å². The van der Waals surface area contributed by atoms with Crippen LogP contribution in [0.3, 0.4) is 0 Å². The lowest BCUT2D eigenvalue weighted by molar-refractivity contribution is 0.893. The quantitative estimate of drug-likeness (QED) is 0.169. The van der Waals surface area contributed by atoms with Crippen LogP contribution < -0.4 is 0 Å². The van der Waals surface area contributed by atoms with Crippen molar-refractivity contribution in [1.82, 2.24) is 0 Å². The lowest BCUT2D eigenvalue weighted by atomic mass is 9.83. The largest absolute Gasteiger partial charge is 0.135 e. The number of hydrogen-bond acceptors (Lipinski definition) is 2. The van der Waals surface area contributed by atoms with Crippen LogP contribution in [0.2, 0.25) is 0 Å². The molecule has 2 atom stereocenters. The van der Waals surface area contributed by atoms with E-state index in [-0.39, 0.29) is 0 Å². The van der Waals surface area contributed by atoms with Gasteiger partial charge in [0.1, 0.15) is 0 Å². The molecule has 0 saturated heterocycles. The van der Waals surface area contributed by atoms with E-state index in [9.17, 15) is 0 Å².